The summed E-state index contributed by atoms with van der Waals surface area (Å²) in [5.41, 5.74) is 0.925. The molecule has 14 heteroatoms. The highest BCUT2D eigenvalue weighted by Crippen LogP contribution is 2.36. The number of hydrogen-bond donors (Lipinski definition) is 3. The fourth-order valence-corrected chi connectivity index (χ4v) is 6.49. The zero-order valence-electron chi connectivity index (χ0n) is 28.1. The number of amides is 4. The van der Waals surface area contributed by atoms with Crippen LogP contribution in [-0.2, 0) is 49.4 Å². The Labute approximate surface area is 280 Å². The average molecular weight is 673 g/mol. The van der Waals surface area contributed by atoms with Crippen molar-refractivity contribution in [3.05, 3.63) is 35.9 Å². The minimum absolute atomic E-state index is 0.104. The molecule has 3 aliphatic heterocycles. The smallest absolute Gasteiger partial charge is 0.325 e. The van der Waals surface area contributed by atoms with E-state index >= 15 is 0 Å². The molecule has 4 amide bonds. The number of nitrogens with zero attached hydrogens (tertiary/aromatic N) is 2. The summed E-state index contributed by atoms with van der Waals surface area (Å²) in [6.45, 7) is 2.51. The standard InChI is InChI=1S/C34H48N4O10/c1-21-13-15-24-18-27(46-4)22(2)47-29(40)20-37(3)28(39)19-35-31(42)25(16-14-23-10-6-5-7-11-23)36-32(43)26-12-8-9-17-38(26)33(44)30(41)34(21,45)48-24/h5-7,10-11,21-22,24-27,45H,8-9,12-20H2,1-4H3,(H,35,42)(H,36,43)/t21-,22+,24+,25-,26+,27+,34-/m1/s1. The summed E-state index contributed by atoms with van der Waals surface area (Å²) in [4.78, 5) is 82.6. The lowest BCUT2D eigenvalue weighted by atomic mass is 9.85. The molecule has 3 heterocycles. The minimum Gasteiger partial charge on any atom is -0.459 e. The summed E-state index contributed by atoms with van der Waals surface area (Å²) in [6, 6.07) is 7.20. The molecule has 14 nitrogen and oxygen atoms in total. The number of nitrogens with one attached hydrogen (secondary N) is 2. The van der Waals surface area contributed by atoms with Crippen LogP contribution in [-0.4, -0.2) is 120 Å². The summed E-state index contributed by atoms with van der Waals surface area (Å²) >= 11 is 0. The summed E-state index contributed by atoms with van der Waals surface area (Å²) in [5.74, 6) is -7.89. The first kappa shape index (κ1) is 36.9. The van der Waals surface area contributed by atoms with Crippen molar-refractivity contribution in [1.29, 1.82) is 0 Å². The van der Waals surface area contributed by atoms with Gasteiger partial charge in [-0.3, -0.25) is 28.8 Å². The summed E-state index contributed by atoms with van der Waals surface area (Å²) in [7, 11) is 2.83. The third-order valence-electron chi connectivity index (χ3n) is 9.56. The van der Waals surface area contributed by atoms with Gasteiger partial charge >= 0.3 is 5.97 Å². The van der Waals surface area contributed by atoms with Crippen LogP contribution in [0.1, 0.15) is 64.4 Å². The highest BCUT2D eigenvalue weighted by Gasteiger charge is 2.53. The minimum atomic E-state index is -2.45. The number of esters is 1. The van der Waals surface area contributed by atoms with Gasteiger partial charge in [-0.2, -0.15) is 0 Å². The van der Waals surface area contributed by atoms with E-state index in [0.29, 0.717) is 32.1 Å². The molecule has 2 bridgehead atoms. The molecule has 264 valence electrons. The molecule has 1 aromatic rings. The molecule has 0 unspecified atom stereocenters. The number of carbonyl (C=O) groups is 6. The first-order valence-electron chi connectivity index (χ1n) is 16.7. The van der Waals surface area contributed by atoms with E-state index in [-0.39, 0.29) is 25.8 Å². The molecule has 4 rings (SSSR count). The molecule has 0 aromatic heterocycles. The van der Waals surface area contributed by atoms with Crippen LogP contribution in [0, 0.1) is 5.92 Å². The highest BCUT2D eigenvalue weighted by atomic mass is 16.6. The third kappa shape index (κ3) is 8.97. The number of cyclic esters (lactones) is 1. The Morgan fingerprint density at radius 1 is 1.00 bits per heavy atom. The van der Waals surface area contributed by atoms with E-state index in [1.165, 1.54) is 14.2 Å². The zero-order valence-corrected chi connectivity index (χ0v) is 28.1. The van der Waals surface area contributed by atoms with E-state index < -0.39 is 90.6 Å². The van der Waals surface area contributed by atoms with E-state index in [2.05, 4.69) is 10.6 Å². The normalized spacial score (nSPS) is 32.0. The van der Waals surface area contributed by atoms with Crippen molar-refractivity contribution in [2.75, 3.05) is 33.8 Å². The van der Waals surface area contributed by atoms with Gasteiger partial charge in [-0.05, 0) is 57.4 Å². The largest absolute Gasteiger partial charge is 0.459 e. The fourth-order valence-electron chi connectivity index (χ4n) is 6.49. The van der Waals surface area contributed by atoms with Gasteiger partial charge < -0.3 is 39.8 Å². The number of likely N-dealkylation sites (N-methyl/N-ethyl adjacent to an activating group) is 1. The molecular formula is C34H48N4O10. The number of piperidine rings is 1. The molecule has 0 radical (unpaired) electrons. The van der Waals surface area contributed by atoms with Crippen LogP contribution in [0.5, 0.6) is 0 Å². The van der Waals surface area contributed by atoms with Crippen LogP contribution in [0.15, 0.2) is 30.3 Å². The van der Waals surface area contributed by atoms with Gasteiger partial charge in [0.05, 0.1) is 18.8 Å². The number of aliphatic hydroxyl groups is 1. The van der Waals surface area contributed by atoms with Gasteiger partial charge in [0.2, 0.25) is 23.5 Å². The Bertz CT molecular complexity index is 1340. The van der Waals surface area contributed by atoms with E-state index in [4.69, 9.17) is 14.2 Å². The first-order chi connectivity index (χ1) is 22.8. The predicted molar refractivity (Wildman–Crippen MR) is 171 cm³/mol. The molecule has 48 heavy (non-hydrogen) atoms. The Hall–Kier alpha value is -3.88. The number of Topliss-reactive ketones (excluding diaryl/α,β-unsaturated/α-hetero) is 1. The number of aryl methyl sites for hydroxylation is 1. The van der Waals surface area contributed by atoms with Crippen LogP contribution < -0.4 is 10.6 Å². The van der Waals surface area contributed by atoms with E-state index in [1.807, 2.05) is 30.3 Å². The van der Waals surface area contributed by atoms with Gasteiger partial charge in [0.25, 0.3) is 11.7 Å². The lowest BCUT2D eigenvalue weighted by Gasteiger charge is -2.43. The van der Waals surface area contributed by atoms with Crippen LogP contribution in [0.25, 0.3) is 0 Å². The van der Waals surface area contributed by atoms with Crippen molar-refractivity contribution in [2.24, 2.45) is 5.92 Å². The molecule has 3 fully saturated rings. The van der Waals surface area contributed by atoms with Crippen molar-refractivity contribution < 1.29 is 48.1 Å². The van der Waals surface area contributed by atoms with Gasteiger partial charge in [-0.15, -0.1) is 0 Å². The summed E-state index contributed by atoms with van der Waals surface area (Å²) in [6.07, 6.45) is 0.760. The Balaban J connectivity index is 1.64. The Morgan fingerprint density at radius 2 is 1.73 bits per heavy atom. The molecule has 3 saturated heterocycles. The maximum absolute atomic E-state index is 13.8. The van der Waals surface area contributed by atoms with Gasteiger partial charge in [0.15, 0.2) is 0 Å². The van der Waals surface area contributed by atoms with Gasteiger partial charge in [-0.1, -0.05) is 37.3 Å². The highest BCUT2D eigenvalue weighted by molar-refractivity contribution is 6.39. The molecule has 0 spiro atoms. The van der Waals surface area contributed by atoms with Crippen LogP contribution in [0.2, 0.25) is 0 Å². The molecule has 0 aliphatic carbocycles. The van der Waals surface area contributed by atoms with E-state index in [1.54, 1.807) is 13.8 Å². The van der Waals surface area contributed by atoms with Crippen molar-refractivity contribution in [3.63, 3.8) is 0 Å². The van der Waals surface area contributed by atoms with Gasteiger partial charge in [0.1, 0.15) is 24.7 Å². The number of carbonyl (C=O) groups excluding carboxylic acids is 6. The number of benzene rings is 1. The lowest BCUT2D eigenvalue weighted by molar-refractivity contribution is -0.267. The van der Waals surface area contributed by atoms with Gasteiger partial charge in [-0.25, -0.2) is 0 Å². The number of methoxy groups -OCH3 is 1. The predicted octanol–water partition coefficient (Wildman–Crippen LogP) is 0.483. The Kier molecular flexibility index (Phi) is 12.7. The SMILES string of the molecule is CO[C@H]1C[C@@H]2CC[C@@H](C)[C@@](O)(O2)C(=O)C(=O)N2CCCC[C@H]2C(=O)N[C@H](CCc2ccccc2)C(=O)NCC(=O)N(C)CC(=O)O[C@H]1C. The maximum Gasteiger partial charge on any atom is 0.325 e. The van der Waals surface area contributed by atoms with Crippen molar-refractivity contribution >= 4 is 35.4 Å². The number of ketones is 1. The van der Waals surface area contributed by atoms with Crippen molar-refractivity contribution in [2.45, 2.75) is 101 Å². The summed E-state index contributed by atoms with van der Waals surface area (Å²) < 4.78 is 17.1. The van der Waals surface area contributed by atoms with E-state index in [9.17, 15) is 33.9 Å². The molecular weight excluding hydrogens is 624 g/mol. The van der Waals surface area contributed by atoms with Crippen LogP contribution >= 0.6 is 0 Å². The molecule has 3 N–H and O–H groups in total. The molecule has 1 aromatic carbocycles. The second-order valence-electron chi connectivity index (χ2n) is 13.0. The fraction of sp³-hybridized carbons (Fsp3) is 0.647. The second kappa shape index (κ2) is 16.5. The number of rotatable bonds is 4. The average Bonchev–Trinajstić information content (AvgIpc) is 3.08. The van der Waals surface area contributed by atoms with Crippen molar-refractivity contribution in [1.82, 2.24) is 20.4 Å². The topological polar surface area (TPSA) is 181 Å². The molecule has 7 atom stereocenters. The quantitative estimate of drug-likeness (QED) is 0.301. The lowest BCUT2D eigenvalue weighted by Crippen LogP contribution is -2.62. The van der Waals surface area contributed by atoms with E-state index in [0.717, 1.165) is 15.4 Å². The maximum atomic E-state index is 13.8. The summed E-state index contributed by atoms with van der Waals surface area (Å²) in [5, 5.41) is 16.9. The van der Waals surface area contributed by atoms with Crippen molar-refractivity contribution in [3.8, 4) is 0 Å². The zero-order chi connectivity index (χ0) is 35.0. The molecule has 3 aliphatic rings. The molecule has 0 saturated carbocycles. The second-order valence-corrected chi connectivity index (χ2v) is 13.0. The third-order valence-corrected chi connectivity index (χ3v) is 9.56. The number of fused-ring (bicyclic) bond motifs is 3. The first-order valence-corrected chi connectivity index (χ1v) is 16.7. The van der Waals surface area contributed by atoms with Gasteiger partial charge in [0, 0.05) is 33.0 Å². The van der Waals surface area contributed by atoms with Crippen LogP contribution in [0.4, 0.5) is 0 Å². The number of ether oxygens (including phenoxy) is 3. The number of hydrogen-bond acceptors (Lipinski definition) is 10. The monoisotopic (exact) mass is 672 g/mol. The Morgan fingerprint density at radius 3 is 2.44 bits per heavy atom. The van der Waals surface area contributed by atoms with Crippen LogP contribution in [0.3, 0.4) is 0 Å².